The largest absolute Gasteiger partial charge is 0.508 e. The number of piperidine rings is 1. The minimum atomic E-state index is -0.181. The maximum absolute atomic E-state index is 13.0. The van der Waals surface area contributed by atoms with Crippen LogP contribution >= 0.6 is 0 Å². The van der Waals surface area contributed by atoms with Gasteiger partial charge in [0, 0.05) is 37.3 Å². The van der Waals surface area contributed by atoms with E-state index in [1.807, 2.05) is 6.92 Å². The highest BCUT2D eigenvalue weighted by Crippen LogP contribution is 2.12. The van der Waals surface area contributed by atoms with Crippen LogP contribution < -0.4 is 10.7 Å². The lowest BCUT2D eigenvalue weighted by atomic mass is 10.1. The fourth-order valence-corrected chi connectivity index (χ4v) is 3.83. The van der Waals surface area contributed by atoms with Gasteiger partial charge in [0.25, 0.3) is 5.91 Å². The van der Waals surface area contributed by atoms with Gasteiger partial charge in [-0.3, -0.25) is 14.6 Å². The maximum atomic E-state index is 13.0. The van der Waals surface area contributed by atoms with E-state index < -0.39 is 0 Å². The van der Waals surface area contributed by atoms with Gasteiger partial charge in [0.1, 0.15) is 5.75 Å². The van der Waals surface area contributed by atoms with Gasteiger partial charge in [-0.2, -0.15) is 0 Å². The molecule has 2 aromatic rings. The summed E-state index contributed by atoms with van der Waals surface area (Å²) in [6, 6.07) is 13.7. The standard InChI is InChI=1S/C25H34N4O3/c1-2-29(27-18-20-9-11-23(30)12-10-20)25(32)22-8-6-7-21(17-22)24(31)19-26-13-16-28-14-4-3-5-15-28/h6-12,17,26-27,30H,2-5,13-16,18-19H2,1H3. The Labute approximate surface area is 190 Å². The molecule has 0 aliphatic carbocycles. The molecule has 1 aliphatic heterocycles. The quantitative estimate of drug-likeness (QED) is 0.284. The minimum Gasteiger partial charge on any atom is -0.508 e. The van der Waals surface area contributed by atoms with E-state index in [-0.39, 0.29) is 24.0 Å². The minimum absolute atomic E-state index is 0.0154. The van der Waals surface area contributed by atoms with Crippen molar-refractivity contribution in [3.8, 4) is 5.75 Å². The van der Waals surface area contributed by atoms with Gasteiger partial charge in [0.2, 0.25) is 0 Å². The van der Waals surface area contributed by atoms with Crippen molar-refractivity contribution in [2.45, 2.75) is 32.7 Å². The molecule has 1 amide bonds. The van der Waals surface area contributed by atoms with E-state index >= 15 is 0 Å². The van der Waals surface area contributed by atoms with E-state index in [2.05, 4.69) is 15.6 Å². The predicted octanol–water partition coefficient (Wildman–Crippen LogP) is 2.82. The number of hydrazine groups is 1. The van der Waals surface area contributed by atoms with Gasteiger partial charge in [-0.25, -0.2) is 5.43 Å². The molecule has 0 spiro atoms. The van der Waals surface area contributed by atoms with Crippen LogP contribution in [0.5, 0.6) is 5.75 Å². The second-order valence-corrected chi connectivity index (χ2v) is 8.13. The van der Waals surface area contributed by atoms with Gasteiger partial charge in [-0.15, -0.1) is 0 Å². The monoisotopic (exact) mass is 438 g/mol. The first-order valence-electron chi connectivity index (χ1n) is 11.5. The molecule has 0 aromatic heterocycles. The van der Waals surface area contributed by atoms with Crippen molar-refractivity contribution in [1.29, 1.82) is 0 Å². The Kier molecular flexibility index (Phi) is 9.22. The number of hydrogen-bond donors (Lipinski definition) is 3. The molecule has 1 fully saturated rings. The first kappa shape index (κ1) is 23.9. The molecule has 0 saturated carbocycles. The van der Waals surface area contributed by atoms with Crippen LogP contribution in [0.15, 0.2) is 48.5 Å². The van der Waals surface area contributed by atoms with Crippen molar-refractivity contribution in [3.05, 3.63) is 65.2 Å². The highest BCUT2D eigenvalue weighted by Gasteiger charge is 2.16. The maximum Gasteiger partial charge on any atom is 0.267 e. The predicted molar refractivity (Wildman–Crippen MR) is 126 cm³/mol. The van der Waals surface area contributed by atoms with Gasteiger partial charge in [-0.05, 0) is 62.7 Å². The summed E-state index contributed by atoms with van der Waals surface area (Å²) in [5.41, 5.74) is 5.09. The molecule has 7 heteroatoms. The summed E-state index contributed by atoms with van der Waals surface area (Å²) in [5.74, 6) is 0.0111. The first-order valence-corrected chi connectivity index (χ1v) is 11.5. The summed E-state index contributed by atoms with van der Waals surface area (Å²) in [6.07, 6.45) is 3.84. The van der Waals surface area contributed by atoms with Crippen LogP contribution in [-0.2, 0) is 6.54 Å². The second-order valence-electron chi connectivity index (χ2n) is 8.13. The molecular formula is C25H34N4O3. The molecule has 1 heterocycles. The first-order chi connectivity index (χ1) is 15.6. The number of hydrogen-bond acceptors (Lipinski definition) is 6. The molecular weight excluding hydrogens is 404 g/mol. The van der Waals surface area contributed by atoms with Crippen LogP contribution in [0.1, 0.15) is 52.5 Å². The Bertz CT molecular complexity index is 879. The van der Waals surface area contributed by atoms with Crippen LogP contribution in [0.4, 0.5) is 0 Å². The van der Waals surface area contributed by atoms with E-state index in [0.717, 1.165) is 31.7 Å². The van der Waals surface area contributed by atoms with Crippen LogP contribution in [0.25, 0.3) is 0 Å². The number of Topliss-reactive ketones (excluding diaryl/α,β-unsaturated/α-hetero) is 1. The molecule has 0 atom stereocenters. The summed E-state index contributed by atoms with van der Waals surface area (Å²) < 4.78 is 0. The Morgan fingerprint density at radius 3 is 2.47 bits per heavy atom. The molecule has 1 saturated heterocycles. The van der Waals surface area contributed by atoms with Crippen LogP contribution in [0, 0.1) is 0 Å². The van der Waals surface area contributed by atoms with Gasteiger partial charge in [0.15, 0.2) is 5.78 Å². The number of benzene rings is 2. The smallest absolute Gasteiger partial charge is 0.267 e. The third-order valence-corrected chi connectivity index (χ3v) is 5.74. The third kappa shape index (κ3) is 7.15. The van der Waals surface area contributed by atoms with Gasteiger partial charge >= 0.3 is 0 Å². The number of phenols is 1. The lowest BCUT2D eigenvalue weighted by molar-refractivity contribution is 0.0666. The van der Waals surface area contributed by atoms with Crippen LogP contribution in [0.2, 0.25) is 0 Å². The average molecular weight is 439 g/mol. The van der Waals surface area contributed by atoms with Crippen molar-refractivity contribution in [1.82, 2.24) is 20.7 Å². The third-order valence-electron chi connectivity index (χ3n) is 5.74. The van der Waals surface area contributed by atoms with E-state index in [4.69, 9.17) is 0 Å². The molecule has 3 rings (SSSR count). The number of rotatable bonds is 11. The normalized spacial score (nSPS) is 14.3. The highest BCUT2D eigenvalue weighted by atomic mass is 16.3. The molecule has 3 N–H and O–H groups in total. The second kappa shape index (κ2) is 12.3. The number of nitrogens with zero attached hydrogens (tertiary/aromatic N) is 2. The Morgan fingerprint density at radius 1 is 1.03 bits per heavy atom. The fourth-order valence-electron chi connectivity index (χ4n) is 3.83. The van der Waals surface area contributed by atoms with Gasteiger partial charge < -0.3 is 15.3 Å². The summed E-state index contributed by atoms with van der Waals surface area (Å²) in [7, 11) is 0. The van der Waals surface area contributed by atoms with Crippen molar-refractivity contribution < 1.29 is 14.7 Å². The lowest BCUT2D eigenvalue weighted by Crippen LogP contribution is -2.42. The van der Waals surface area contributed by atoms with E-state index in [1.54, 1.807) is 48.5 Å². The van der Waals surface area contributed by atoms with E-state index in [0.29, 0.717) is 24.2 Å². The Balaban J connectivity index is 1.50. The topological polar surface area (TPSA) is 84.9 Å². The van der Waals surface area contributed by atoms with Gasteiger partial charge in [-0.1, -0.05) is 30.7 Å². The SMILES string of the molecule is CCN(NCc1ccc(O)cc1)C(=O)c1cccc(C(=O)CNCCN2CCCCC2)c1. The highest BCUT2D eigenvalue weighted by molar-refractivity contribution is 6.01. The molecule has 172 valence electrons. The van der Waals surface area contributed by atoms with Crippen molar-refractivity contribution >= 4 is 11.7 Å². The summed E-state index contributed by atoms with van der Waals surface area (Å²) in [5, 5.41) is 14.2. The van der Waals surface area contributed by atoms with E-state index in [9.17, 15) is 14.7 Å². The van der Waals surface area contributed by atoms with E-state index in [1.165, 1.54) is 24.3 Å². The summed E-state index contributed by atoms with van der Waals surface area (Å²) in [6.45, 7) is 7.14. The number of carbonyl (C=O) groups excluding carboxylic acids is 2. The Hall–Kier alpha value is -2.74. The number of likely N-dealkylation sites (tertiary alicyclic amines) is 1. The zero-order valence-electron chi connectivity index (χ0n) is 18.8. The van der Waals surface area contributed by atoms with Crippen molar-refractivity contribution in [2.75, 3.05) is 39.3 Å². The number of carbonyl (C=O) groups is 2. The number of nitrogens with one attached hydrogen (secondary N) is 2. The zero-order chi connectivity index (χ0) is 22.8. The Morgan fingerprint density at radius 2 is 1.75 bits per heavy atom. The van der Waals surface area contributed by atoms with Crippen molar-refractivity contribution in [3.63, 3.8) is 0 Å². The molecule has 32 heavy (non-hydrogen) atoms. The fraction of sp³-hybridized carbons (Fsp3) is 0.440. The number of amides is 1. The number of ketones is 1. The molecule has 0 radical (unpaired) electrons. The van der Waals surface area contributed by atoms with Crippen LogP contribution in [-0.4, -0.2) is 66.0 Å². The lowest BCUT2D eigenvalue weighted by Gasteiger charge is -2.26. The molecule has 1 aliphatic rings. The van der Waals surface area contributed by atoms with Crippen LogP contribution in [0.3, 0.4) is 0 Å². The molecule has 0 bridgehead atoms. The van der Waals surface area contributed by atoms with Crippen molar-refractivity contribution in [2.24, 2.45) is 0 Å². The summed E-state index contributed by atoms with van der Waals surface area (Å²) in [4.78, 5) is 28.0. The molecule has 7 nitrogen and oxygen atoms in total. The average Bonchev–Trinajstić information content (AvgIpc) is 2.84. The van der Waals surface area contributed by atoms with Gasteiger partial charge in [0.05, 0.1) is 6.54 Å². The number of aromatic hydroxyl groups is 1. The molecule has 0 unspecified atom stereocenters. The zero-order valence-corrected chi connectivity index (χ0v) is 18.8. The molecule has 2 aromatic carbocycles. The summed E-state index contributed by atoms with van der Waals surface area (Å²) >= 11 is 0. The number of phenolic OH excluding ortho intramolecular Hbond substituents is 1.